The highest BCUT2D eigenvalue weighted by Gasteiger charge is 2.52. The van der Waals surface area contributed by atoms with Crippen LogP contribution in [0.5, 0.6) is 0 Å². The molecule has 0 unspecified atom stereocenters. The average molecular weight is 318 g/mol. The Bertz CT molecular complexity index is 543. The van der Waals surface area contributed by atoms with Gasteiger partial charge in [0.2, 0.25) is 0 Å². The van der Waals surface area contributed by atoms with Crippen LogP contribution in [-0.4, -0.2) is 24.3 Å². The summed E-state index contributed by atoms with van der Waals surface area (Å²) in [5, 5.41) is 9.87. The van der Waals surface area contributed by atoms with Gasteiger partial charge in [-0.3, -0.25) is 0 Å². The van der Waals surface area contributed by atoms with E-state index >= 15 is 0 Å². The Balaban J connectivity index is 1.82. The second kappa shape index (κ2) is 6.08. The van der Waals surface area contributed by atoms with Crippen molar-refractivity contribution in [3.05, 3.63) is 23.3 Å². The van der Waals surface area contributed by atoms with Crippen molar-refractivity contribution in [1.29, 1.82) is 0 Å². The van der Waals surface area contributed by atoms with Gasteiger partial charge in [-0.1, -0.05) is 33.3 Å². The minimum atomic E-state index is -0.204. The lowest BCUT2D eigenvalue weighted by Gasteiger charge is -2.57. The number of hydrogen-bond donors (Lipinski definition) is 1. The van der Waals surface area contributed by atoms with E-state index in [9.17, 15) is 9.90 Å². The molecule has 1 saturated carbocycles. The van der Waals surface area contributed by atoms with Crippen molar-refractivity contribution in [2.24, 2.45) is 22.7 Å². The number of hydrogen-bond acceptors (Lipinski definition) is 3. The second-order valence-corrected chi connectivity index (χ2v) is 8.57. The van der Waals surface area contributed by atoms with Gasteiger partial charge in [0.05, 0.1) is 6.61 Å². The molecule has 0 bridgehead atoms. The Morgan fingerprint density at radius 2 is 2.09 bits per heavy atom. The van der Waals surface area contributed by atoms with Crippen molar-refractivity contribution >= 4 is 5.97 Å². The number of ether oxygens (including phenoxy) is 1. The van der Waals surface area contributed by atoms with Gasteiger partial charge < -0.3 is 9.84 Å². The summed E-state index contributed by atoms with van der Waals surface area (Å²) >= 11 is 0. The zero-order valence-corrected chi connectivity index (χ0v) is 14.7. The summed E-state index contributed by atoms with van der Waals surface area (Å²) in [7, 11) is 0. The minimum Gasteiger partial charge on any atom is -0.458 e. The molecular weight excluding hydrogens is 288 g/mol. The monoisotopic (exact) mass is 318 g/mol. The van der Waals surface area contributed by atoms with Crippen LogP contribution in [0, 0.1) is 22.7 Å². The van der Waals surface area contributed by atoms with Crippen molar-refractivity contribution in [1.82, 2.24) is 0 Å². The molecular formula is C20H30O3. The van der Waals surface area contributed by atoms with Crippen molar-refractivity contribution in [3.8, 4) is 0 Å². The van der Waals surface area contributed by atoms with Crippen LogP contribution in [0.1, 0.15) is 59.3 Å². The molecule has 3 rings (SSSR count). The van der Waals surface area contributed by atoms with E-state index in [0.717, 1.165) is 24.8 Å². The molecule has 0 aromatic carbocycles. The Morgan fingerprint density at radius 1 is 1.30 bits per heavy atom. The zero-order valence-electron chi connectivity index (χ0n) is 14.7. The highest BCUT2D eigenvalue weighted by Crippen LogP contribution is 2.60. The molecule has 2 aliphatic carbocycles. The quantitative estimate of drug-likeness (QED) is 0.629. The predicted molar refractivity (Wildman–Crippen MR) is 90.8 cm³/mol. The molecule has 23 heavy (non-hydrogen) atoms. The molecule has 1 heterocycles. The standard InChI is InChI=1S/C20H30O3/c1-19(2)9-4-10-20(3)16(15(12-21)6-8-17(19)20)7-5-14-11-18(22)23-13-14/h6,11,16-17,21H,4-5,7-10,12-13H2,1-3H3/t16-,17-,20+/m0/s1. The Labute approximate surface area is 139 Å². The Morgan fingerprint density at radius 3 is 2.74 bits per heavy atom. The number of allylic oxidation sites excluding steroid dienone is 1. The summed E-state index contributed by atoms with van der Waals surface area (Å²) in [5.74, 6) is 0.895. The van der Waals surface area contributed by atoms with Gasteiger partial charge in [-0.2, -0.15) is 0 Å². The highest BCUT2D eigenvalue weighted by molar-refractivity contribution is 5.85. The van der Waals surface area contributed by atoms with Crippen LogP contribution in [0.4, 0.5) is 0 Å². The molecule has 0 radical (unpaired) electrons. The summed E-state index contributed by atoms with van der Waals surface area (Å²) in [5.41, 5.74) is 2.95. The van der Waals surface area contributed by atoms with Gasteiger partial charge in [0.15, 0.2) is 0 Å². The van der Waals surface area contributed by atoms with Crippen molar-refractivity contribution in [2.75, 3.05) is 13.2 Å². The van der Waals surface area contributed by atoms with Gasteiger partial charge in [-0.25, -0.2) is 4.79 Å². The van der Waals surface area contributed by atoms with Crippen LogP contribution in [0.15, 0.2) is 23.3 Å². The molecule has 1 N–H and O–H groups in total. The van der Waals surface area contributed by atoms with Crippen LogP contribution in [0.2, 0.25) is 0 Å². The third-order valence-corrected chi connectivity index (χ3v) is 6.79. The molecule has 3 aliphatic rings. The summed E-state index contributed by atoms with van der Waals surface area (Å²) < 4.78 is 5.03. The fraction of sp³-hybridized carbons (Fsp3) is 0.750. The number of esters is 1. The average Bonchev–Trinajstić information content (AvgIpc) is 2.89. The lowest BCUT2D eigenvalue weighted by Crippen LogP contribution is -2.49. The molecule has 3 nitrogen and oxygen atoms in total. The molecule has 0 saturated heterocycles. The van der Waals surface area contributed by atoms with Crippen LogP contribution >= 0.6 is 0 Å². The van der Waals surface area contributed by atoms with E-state index in [1.165, 1.54) is 24.8 Å². The Hall–Kier alpha value is -1.09. The first kappa shape index (κ1) is 16.8. The molecule has 3 heteroatoms. The summed E-state index contributed by atoms with van der Waals surface area (Å²) in [6, 6.07) is 0. The van der Waals surface area contributed by atoms with Gasteiger partial charge in [0, 0.05) is 6.08 Å². The molecule has 0 spiro atoms. The lowest BCUT2D eigenvalue weighted by atomic mass is 9.48. The molecule has 1 aliphatic heterocycles. The van der Waals surface area contributed by atoms with Gasteiger partial charge in [0.1, 0.15) is 6.61 Å². The van der Waals surface area contributed by atoms with E-state index in [4.69, 9.17) is 4.74 Å². The highest BCUT2D eigenvalue weighted by atomic mass is 16.5. The molecule has 1 fully saturated rings. The minimum absolute atomic E-state index is 0.169. The third kappa shape index (κ3) is 3.00. The number of carbonyl (C=O) groups is 1. The maximum Gasteiger partial charge on any atom is 0.331 e. The first-order chi connectivity index (χ1) is 10.9. The van der Waals surface area contributed by atoms with Crippen LogP contribution in [0.3, 0.4) is 0 Å². The number of aliphatic hydroxyl groups excluding tert-OH is 1. The van der Waals surface area contributed by atoms with Crippen molar-refractivity contribution in [3.63, 3.8) is 0 Å². The number of rotatable bonds is 4. The first-order valence-electron chi connectivity index (χ1n) is 9.03. The summed E-state index contributed by atoms with van der Waals surface area (Å²) in [4.78, 5) is 11.3. The number of carbonyl (C=O) groups excluding carboxylic acids is 1. The zero-order chi connectivity index (χ0) is 16.7. The van der Waals surface area contributed by atoms with Gasteiger partial charge in [0.25, 0.3) is 0 Å². The molecule has 0 amide bonds. The van der Waals surface area contributed by atoms with Crippen LogP contribution in [0.25, 0.3) is 0 Å². The van der Waals surface area contributed by atoms with Gasteiger partial charge in [-0.15, -0.1) is 0 Å². The smallest absolute Gasteiger partial charge is 0.331 e. The first-order valence-corrected chi connectivity index (χ1v) is 9.03. The fourth-order valence-electron chi connectivity index (χ4n) is 5.58. The normalized spacial score (nSPS) is 36.1. The van der Waals surface area contributed by atoms with E-state index in [1.54, 1.807) is 6.08 Å². The van der Waals surface area contributed by atoms with Crippen molar-refractivity contribution in [2.45, 2.75) is 59.3 Å². The summed E-state index contributed by atoms with van der Waals surface area (Å²) in [6.45, 7) is 7.89. The van der Waals surface area contributed by atoms with E-state index in [-0.39, 0.29) is 18.0 Å². The second-order valence-electron chi connectivity index (χ2n) is 8.57. The van der Waals surface area contributed by atoms with Gasteiger partial charge in [-0.05, 0) is 65.9 Å². The van der Waals surface area contributed by atoms with E-state index in [2.05, 4.69) is 26.8 Å². The van der Waals surface area contributed by atoms with E-state index < -0.39 is 0 Å². The number of aliphatic hydroxyl groups is 1. The number of cyclic esters (lactones) is 1. The Kier molecular flexibility index (Phi) is 4.43. The van der Waals surface area contributed by atoms with Crippen LogP contribution < -0.4 is 0 Å². The SMILES string of the molecule is CC1(C)CCC[C@]2(C)[C@@H](CCC3=CC(=O)OC3)C(CO)=CC[C@@H]12. The lowest BCUT2D eigenvalue weighted by molar-refractivity contribution is -0.134. The van der Waals surface area contributed by atoms with Crippen molar-refractivity contribution < 1.29 is 14.6 Å². The molecule has 128 valence electrons. The van der Waals surface area contributed by atoms with Gasteiger partial charge >= 0.3 is 5.97 Å². The molecule has 0 aromatic heterocycles. The number of fused-ring (bicyclic) bond motifs is 1. The largest absolute Gasteiger partial charge is 0.458 e. The topological polar surface area (TPSA) is 46.5 Å². The van der Waals surface area contributed by atoms with E-state index in [1.807, 2.05) is 0 Å². The maximum absolute atomic E-state index is 11.3. The maximum atomic E-state index is 11.3. The predicted octanol–water partition coefficient (Wildman–Crippen LogP) is 4.02. The van der Waals surface area contributed by atoms with E-state index in [0.29, 0.717) is 23.9 Å². The van der Waals surface area contributed by atoms with Crippen LogP contribution in [-0.2, 0) is 9.53 Å². The summed E-state index contributed by atoms with van der Waals surface area (Å²) in [6.07, 6.45) is 10.8. The molecule has 0 aromatic rings. The third-order valence-electron chi connectivity index (χ3n) is 6.79. The fourth-order valence-corrected chi connectivity index (χ4v) is 5.58. The molecule has 3 atom stereocenters.